The van der Waals surface area contributed by atoms with Crippen LogP contribution in [0.3, 0.4) is 0 Å². The van der Waals surface area contributed by atoms with Crippen LogP contribution in [0.15, 0.2) is 109 Å². The van der Waals surface area contributed by atoms with Crippen LogP contribution in [-0.2, 0) is 44.3 Å². The number of fused-ring (bicyclic) bond motifs is 6. The smallest absolute Gasteiger partial charge is 0.377 e. The molecule has 2 fully saturated rings. The minimum atomic E-state index is -4.64. The lowest BCUT2D eigenvalue weighted by atomic mass is 9.83. The molecule has 14 nitrogen and oxygen atoms in total. The summed E-state index contributed by atoms with van der Waals surface area (Å²) in [4.78, 5) is 62.3. The van der Waals surface area contributed by atoms with E-state index in [1.165, 1.54) is 12.1 Å². The Labute approximate surface area is 446 Å². The number of amides is 4. The highest BCUT2D eigenvalue weighted by molar-refractivity contribution is 6.05. The molecule has 78 heavy (non-hydrogen) atoms. The molecular formula is C58H58F6N8O6. The molecule has 4 N–H and O–H groups in total. The number of hydrogen-bond donors (Lipinski definition) is 4. The minimum absolute atomic E-state index is 0.0311. The Balaban J connectivity index is 0.000000190. The average Bonchev–Trinajstić information content (AvgIpc) is 3.43. The second kappa shape index (κ2) is 23.0. The second-order valence-electron chi connectivity index (χ2n) is 19.6. The van der Waals surface area contributed by atoms with Crippen molar-refractivity contribution in [1.82, 2.24) is 20.6 Å². The van der Waals surface area contributed by atoms with Crippen LogP contribution in [0.4, 0.5) is 49.1 Å². The number of carbonyl (C=O) groups excluding carboxylic acids is 4. The fraction of sp³-hybridized carbons (Fsp3) is 0.345. The Morgan fingerprint density at radius 2 is 0.974 bits per heavy atom. The molecule has 2 aromatic heterocycles. The van der Waals surface area contributed by atoms with E-state index in [4.69, 9.17) is 9.47 Å². The minimum Gasteiger partial charge on any atom is -0.377 e. The summed E-state index contributed by atoms with van der Waals surface area (Å²) in [6, 6.07) is 27.0. The number of nitrogens with one attached hydrogen (secondary N) is 4. The Morgan fingerprint density at radius 3 is 1.36 bits per heavy atom. The van der Waals surface area contributed by atoms with Crippen LogP contribution >= 0.6 is 0 Å². The van der Waals surface area contributed by atoms with E-state index in [2.05, 4.69) is 53.2 Å². The van der Waals surface area contributed by atoms with Crippen molar-refractivity contribution < 1.29 is 55.0 Å². The molecule has 4 aliphatic rings. The first-order valence-corrected chi connectivity index (χ1v) is 25.7. The number of ether oxygens (including phenoxy) is 2. The van der Waals surface area contributed by atoms with Crippen molar-refractivity contribution in [2.24, 2.45) is 11.8 Å². The van der Waals surface area contributed by atoms with Gasteiger partial charge in [-0.15, -0.1) is 0 Å². The van der Waals surface area contributed by atoms with Crippen molar-refractivity contribution in [3.63, 3.8) is 0 Å². The summed E-state index contributed by atoms with van der Waals surface area (Å²) in [5, 5.41) is 11.3. The molecule has 0 aliphatic carbocycles. The third-order valence-corrected chi connectivity index (χ3v) is 14.5. The lowest BCUT2D eigenvalue weighted by Crippen LogP contribution is -2.56. The Hall–Kier alpha value is -7.84. The molecule has 20 heteroatoms. The summed E-state index contributed by atoms with van der Waals surface area (Å²) in [7, 11) is 0. The van der Waals surface area contributed by atoms with Gasteiger partial charge >= 0.3 is 12.4 Å². The number of halogens is 6. The molecule has 1 unspecified atom stereocenters. The molecule has 4 atom stereocenters. The highest BCUT2D eigenvalue weighted by atomic mass is 19.4. The fourth-order valence-corrected chi connectivity index (χ4v) is 10.6. The van der Waals surface area contributed by atoms with Crippen molar-refractivity contribution in [2.45, 2.75) is 65.0 Å². The zero-order valence-corrected chi connectivity index (χ0v) is 43.3. The van der Waals surface area contributed by atoms with Gasteiger partial charge in [0.1, 0.15) is 11.4 Å². The number of pyridine rings is 2. The number of morpholine rings is 2. The summed E-state index contributed by atoms with van der Waals surface area (Å²) >= 11 is 0. The number of anilines is 4. The summed E-state index contributed by atoms with van der Waals surface area (Å²) in [6.07, 6.45) is -6.10. The standard InChI is InChI=1S/2C29H29F3N4O3/c2*1-3-33-28(38)23-12-19-6-5-18(13-24(19)36-10-11-39-16-25(23)36)22-15-21(7-4-17(22)2)35-27(37)20-8-9-34-26(14-20)29(30,31)32/h2*4-9,13-15,23,25H,3,10-12,16H2,1-2H3,(H,33,38)(H,35,37)/t23?,25-;23-,25+/m11/s1. The number of hydrogen-bond acceptors (Lipinski definition) is 10. The van der Waals surface area contributed by atoms with Gasteiger partial charge in [-0.2, -0.15) is 26.3 Å². The normalized spacial score (nSPS) is 18.6. The predicted octanol–water partition coefficient (Wildman–Crippen LogP) is 9.68. The van der Waals surface area contributed by atoms with Crippen molar-refractivity contribution in [1.29, 1.82) is 0 Å². The van der Waals surface area contributed by atoms with E-state index >= 15 is 0 Å². The number of aromatic nitrogens is 2. The van der Waals surface area contributed by atoms with Crippen molar-refractivity contribution in [3.8, 4) is 22.3 Å². The molecule has 0 bridgehead atoms. The molecule has 4 aliphatic heterocycles. The van der Waals surface area contributed by atoms with Gasteiger partial charge in [0, 0.05) is 72.4 Å². The molecule has 6 aromatic rings. The van der Waals surface area contributed by atoms with Crippen molar-refractivity contribution in [3.05, 3.63) is 154 Å². The fourth-order valence-electron chi connectivity index (χ4n) is 10.6. The highest BCUT2D eigenvalue weighted by Gasteiger charge is 2.42. The maximum absolute atomic E-state index is 13.0. The number of benzene rings is 4. The lowest BCUT2D eigenvalue weighted by molar-refractivity contribution is -0.142. The highest BCUT2D eigenvalue weighted by Crippen LogP contribution is 2.42. The quantitative estimate of drug-likeness (QED) is 0.0971. The van der Waals surface area contributed by atoms with E-state index in [1.807, 2.05) is 76.2 Å². The SMILES string of the molecule is CCNC(=O)C1Cc2ccc(-c3cc(NC(=O)c4ccnc(C(F)(F)F)c4)ccc3C)cc2N2CCOC[C@H]12.CCNC(=O)[C@@H]1Cc2ccc(-c3cc(NC(=O)c4ccnc(C(F)(F)F)c4)ccc3C)cc2N2CCOC[C@@H]12. The first kappa shape index (κ1) is 54.9. The van der Waals surface area contributed by atoms with Gasteiger partial charge in [-0.05, 0) is 146 Å². The van der Waals surface area contributed by atoms with Crippen molar-refractivity contribution in [2.75, 3.05) is 73.0 Å². The van der Waals surface area contributed by atoms with Gasteiger partial charge in [0.05, 0.1) is 50.3 Å². The van der Waals surface area contributed by atoms with Gasteiger partial charge in [0.2, 0.25) is 11.8 Å². The van der Waals surface area contributed by atoms with Crippen LogP contribution in [0.1, 0.15) is 68.2 Å². The average molecular weight is 1080 g/mol. The van der Waals surface area contributed by atoms with Crippen LogP contribution in [0.2, 0.25) is 0 Å². The maximum atomic E-state index is 13.0. The van der Waals surface area contributed by atoms with Crippen LogP contribution in [0.25, 0.3) is 22.3 Å². The lowest BCUT2D eigenvalue weighted by Gasteiger charge is -2.45. The Morgan fingerprint density at radius 1 is 0.564 bits per heavy atom. The summed E-state index contributed by atoms with van der Waals surface area (Å²) in [5.74, 6) is -1.65. The molecule has 0 spiro atoms. The van der Waals surface area contributed by atoms with Crippen molar-refractivity contribution >= 4 is 46.4 Å². The molecule has 0 radical (unpaired) electrons. The van der Waals surface area contributed by atoms with E-state index in [9.17, 15) is 45.5 Å². The first-order chi connectivity index (χ1) is 37.3. The topological polar surface area (TPSA) is 167 Å². The number of alkyl halides is 6. The van der Waals surface area contributed by atoms with E-state index < -0.39 is 35.6 Å². The molecule has 408 valence electrons. The molecule has 10 rings (SSSR count). The summed E-state index contributed by atoms with van der Waals surface area (Å²) in [6.45, 7) is 12.4. The van der Waals surface area contributed by atoms with Gasteiger partial charge in [-0.3, -0.25) is 29.1 Å². The largest absolute Gasteiger partial charge is 0.433 e. The predicted molar refractivity (Wildman–Crippen MR) is 283 cm³/mol. The maximum Gasteiger partial charge on any atom is 0.433 e. The van der Waals surface area contributed by atoms with Gasteiger partial charge in [0.15, 0.2) is 0 Å². The van der Waals surface area contributed by atoms with E-state index in [-0.39, 0.29) is 46.9 Å². The number of aryl methyl sites for hydroxylation is 2. The molecule has 0 saturated carbocycles. The summed E-state index contributed by atoms with van der Waals surface area (Å²) in [5.41, 5.74) is 8.33. The number of nitrogens with zero attached hydrogens (tertiary/aromatic N) is 4. The third kappa shape index (κ3) is 12.0. The zero-order valence-electron chi connectivity index (χ0n) is 43.3. The van der Waals surface area contributed by atoms with E-state index in [0.29, 0.717) is 76.8 Å². The van der Waals surface area contributed by atoms with Crippen LogP contribution < -0.4 is 31.1 Å². The number of carbonyl (C=O) groups is 4. The first-order valence-electron chi connectivity index (χ1n) is 25.7. The van der Waals surface area contributed by atoms with Gasteiger partial charge < -0.3 is 40.5 Å². The Kier molecular flexibility index (Phi) is 16.2. The molecule has 6 heterocycles. The third-order valence-electron chi connectivity index (χ3n) is 14.5. The molecule has 4 aromatic carbocycles. The van der Waals surface area contributed by atoms with E-state index in [0.717, 1.165) is 80.4 Å². The van der Waals surface area contributed by atoms with E-state index in [1.54, 1.807) is 12.1 Å². The van der Waals surface area contributed by atoms with Gasteiger partial charge in [0.25, 0.3) is 11.8 Å². The van der Waals surface area contributed by atoms with Crippen LogP contribution in [0, 0.1) is 25.7 Å². The monoisotopic (exact) mass is 1080 g/mol. The summed E-state index contributed by atoms with van der Waals surface area (Å²) < 4.78 is 89.7. The van der Waals surface area contributed by atoms with Gasteiger partial charge in [-0.25, -0.2) is 0 Å². The van der Waals surface area contributed by atoms with Crippen LogP contribution in [-0.4, -0.2) is 98.3 Å². The molecule has 2 saturated heterocycles. The van der Waals surface area contributed by atoms with Crippen LogP contribution in [0.5, 0.6) is 0 Å². The van der Waals surface area contributed by atoms with Gasteiger partial charge in [-0.1, -0.05) is 36.4 Å². The number of rotatable bonds is 10. The Bertz CT molecular complexity index is 3030. The second-order valence-corrected chi connectivity index (χ2v) is 19.6. The molecule has 4 amide bonds. The zero-order chi connectivity index (χ0) is 55.5. The molecular weight excluding hydrogens is 1020 g/mol.